The molecule has 1 aromatic heterocycles. The monoisotopic (exact) mass is 282 g/mol. The Labute approximate surface area is 105 Å². The molecule has 2 N–H and O–H groups in total. The van der Waals surface area contributed by atoms with Crippen LogP contribution < -0.4 is 10.9 Å². The van der Waals surface area contributed by atoms with Crippen LogP contribution in [-0.2, 0) is 0 Å². The Morgan fingerprint density at radius 2 is 1.88 bits per heavy atom. The Bertz CT molecular complexity index is 536. The third-order valence-electron chi connectivity index (χ3n) is 2.74. The van der Waals surface area contributed by atoms with Gasteiger partial charge >= 0.3 is 0 Å². The molecule has 2 rings (SSSR count). The first kappa shape index (κ1) is 12.9. The Balaban J connectivity index is 0.00000128. The summed E-state index contributed by atoms with van der Waals surface area (Å²) in [4.78, 5) is 14.3. The fraction of sp³-hybridized carbons (Fsp3) is 0.250. The molecule has 0 bridgehead atoms. The highest BCUT2D eigenvalue weighted by Gasteiger charge is 2.08. The number of aromatic amines is 1. The number of benzene rings is 1. The van der Waals surface area contributed by atoms with Crippen LogP contribution in [0.15, 0.2) is 35.3 Å². The maximum Gasteiger partial charge on any atom is 0.255 e. The molecule has 1 aromatic carbocycles. The van der Waals surface area contributed by atoms with Crippen LogP contribution in [0.4, 0.5) is 0 Å². The molecular weight excluding hydrogens is 268 g/mol. The summed E-state index contributed by atoms with van der Waals surface area (Å²) >= 11 is 0. The molecule has 4 heteroatoms. The molecule has 0 fully saturated rings. The van der Waals surface area contributed by atoms with Gasteiger partial charge in [-0.2, -0.15) is 0 Å². The molecule has 86 valence electrons. The van der Waals surface area contributed by atoms with Gasteiger partial charge in [0.05, 0.1) is 0 Å². The van der Waals surface area contributed by atoms with Crippen LogP contribution in [0.1, 0.15) is 18.5 Å². The van der Waals surface area contributed by atoms with Crippen molar-refractivity contribution in [3.8, 4) is 0 Å². The second-order valence-electron chi connectivity index (χ2n) is 3.63. The normalized spacial score (nSPS) is 12.1. The maximum absolute atomic E-state index is 11.6. The van der Waals surface area contributed by atoms with E-state index in [0.29, 0.717) is 0 Å². The van der Waals surface area contributed by atoms with E-state index in [9.17, 15) is 4.79 Å². The van der Waals surface area contributed by atoms with E-state index in [-0.39, 0.29) is 28.6 Å². The van der Waals surface area contributed by atoms with Crippen LogP contribution in [0.2, 0.25) is 0 Å². The van der Waals surface area contributed by atoms with Crippen LogP contribution in [0.25, 0.3) is 10.8 Å². The summed E-state index contributed by atoms with van der Waals surface area (Å²) in [5.41, 5.74) is 1.09. The standard InChI is InChI=1S/C12H14N2O.BrH/c1-8(13-2)11-7-14-12(15)10-6-4-3-5-9(10)11;/h3-8,13H,1-2H3,(H,14,15);1H. The van der Waals surface area contributed by atoms with Gasteiger partial charge in [-0.3, -0.25) is 4.79 Å². The number of hydrogen-bond acceptors (Lipinski definition) is 2. The van der Waals surface area contributed by atoms with Gasteiger partial charge in [-0.25, -0.2) is 0 Å². The SMILES string of the molecule is Br.CNC(C)c1c[nH]c(=O)c2ccccc12. The van der Waals surface area contributed by atoms with Crippen LogP contribution >= 0.6 is 17.0 Å². The quantitative estimate of drug-likeness (QED) is 0.889. The summed E-state index contributed by atoms with van der Waals surface area (Å²) in [6.45, 7) is 2.07. The first-order chi connectivity index (χ1) is 7.24. The van der Waals surface area contributed by atoms with Crippen molar-refractivity contribution in [2.45, 2.75) is 13.0 Å². The van der Waals surface area contributed by atoms with E-state index in [1.807, 2.05) is 31.3 Å². The van der Waals surface area contributed by atoms with Crippen molar-refractivity contribution in [3.63, 3.8) is 0 Å². The summed E-state index contributed by atoms with van der Waals surface area (Å²) < 4.78 is 0. The van der Waals surface area contributed by atoms with Gasteiger partial charge in [0.25, 0.3) is 5.56 Å². The van der Waals surface area contributed by atoms with E-state index in [0.717, 1.165) is 16.3 Å². The van der Waals surface area contributed by atoms with E-state index in [4.69, 9.17) is 0 Å². The van der Waals surface area contributed by atoms with Crippen LogP contribution in [0.5, 0.6) is 0 Å². The molecule has 0 amide bonds. The molecule has 16 heavy (non-hydrogen) atoms. The minimum absolute atomic E-state index is 0. The van der Waals surface area contributed by atoms with E-state index < -0.39 is 0 Å². The number of aromatic nitrogens is 1. The van der Waals surface area contributed by atoms with Crippen molar-refractivity contribution in [1.82, 2.24) is 10.3 Å². The zero-order chi connectivity index (χ0) is 10.8. The van der Waals surface area contributed by atoms with Gasteiger partial charge in [-0.15, -0.1) is 17.0 Å². The van der Waals surface area contributed by atoms with Crippen LogP contribution in [-0.4, -0.2) is 12.0 Å². The molecule has 0 aliphatic carbocycles. The second-order valence-corrected chi connectivity index (χ2v) is 3.63. The van der Waals surface area contributed by atoms with Gasteiger partial charge in [0, 0.05) is 17.6 Å². The molecule has 1 unspecified atom stereocenters. The predicted molar refractivity (Wildman–Crippen MR) is 72.4 cm³/mol. The molecule has 0 saturated carbocycles. The number of rotatable bonds is 2. The van der Waals surface area contributed by atoms with E-state index >= 15 is 0 Å². The fourth-order valence-corrected chi connectivity index (χ4v) is 1.75. The predicted octanol–water partition coefficient (Wildman–Crippen LogP) is 2.39. The number of fused-ring (bicyclic) bond motifs is 1. The third-order valence-corrected chi connectivity index (χ3v) is 2.74. The van der Waals surface area contributed by atoms with Gasteiger partial charge in [0.2, 0.25) is 0 Å². The molecule has 0 saturated heterocycles. The number of nitrogens with one attached hydrogen (secondary N) is 2. The average molecular weight is 283 g/mol. The van der Waals surface area contributed by atoms with E-state index in [1.165, 1.54) is 0 Å². The largest absolute Gasteiger partial charge is 0.328 e. The maximum atomic E-state index is 11.6. The number of hydrogen-bond donors (Lipinski definition) is 2. The fourth-order valence-electron chi connectivity index (χ4n) is 1.75. The molecule has 1 heterocycles. The third kappa shape index (κ3) is 2.18. The summed E-state index contributed by atoms with van der Waals surface area (Å²) in [7, 11) is 1.91. The lowest BCUT2D eigenvalue weighted by atomic mass is 10.0. The first-order valence-electron chi connectivity index (χ1n) is 5.01. The molecule has 0 spiro atoms. The Morgan fingerprint density at radius 1 is 1.25 bits per heavy atom. The Kier molecular flexibility index (Phi) is 4.26. The number of halogens is 1. The second kappa shape index (κ2) is 5.27. The van der Waals surface area contributed by atoms with Crippen molar-refractivity contribution >= 4 is 27.8 Å². The van der Waals surface area contributed by atoms with E-state index in [1.54, 1.807) is 6.20 Å². The van der Waals surface area contributed by atoms with Crippen molar-refractivity contribution < 1.29 is 0 Å². The lowest BCUT2D eigenvalue weighted by molar-refractivity contribution is 0.654. The number of pyridine rings is 1. The van der Waals surface area contributed by atoms with Crippen LogP contribution in [0.3, 0.4) is 0 Å². The molecule has 1 atom stereocenters. The Morgan fingerprint density at radius 3 is 2.50 bits per heavy atom. The molecular formula is C12H15BrN2O. The molecule has 0 aliphatic heterocycles. The van der Waals surface area contributed by atoms with Gasteiger partial charge in [-0.05, 0) is 31.0 Å². The van der Waals surface area contributed by atoms with Gasteiger partial charge in [0.15, 0.2) is 0 Å². The van der Waals surface area contributed by atoms with Gasteiger partial charge in [-0.1, -0.05) is 18.2 Å². The first-order valence-corrected chi connectivity index (χ1v) is 5.01. The smallest absolute Gasteiger partial charge is 0.255 e. The zero-order valence-corrected chi connectivity index (χ0v) is 11.0. The lowest BCUT2D eigenvalue weighted by Gasteiger charge is -2.12. The summed E-state index contributed by atoms with van der Waals surface area (Å²) in [6, 6.07) is 7.89. The molecule has 0 aliphatic rings. The topological polar surface area (TPSA) is 44.9 Å². The highest BCUT2D eigenvalue weighted by molar-refractivity contribution is 8.93. The molecule has 3 nitrogen and oxygen atoms in total. The summed E-state index contributed by atoms with van der Waals surface area (Å²) in [5.74, 6) is 0. The highest BCUT2D eigenvalue weighted by atomic mass is 79.9. The van der Waals surface area contributed by atoms with Gasteiger partial charge < -0.3 is 10.3 Å². The van der Waals surface area contributed by atoms with Crippen LogP contribution in [0, 0.1) is 0 Å². The summed E-state index contributed by atoms with van der Waals surface area (Å²) in [6.07, 6.45) is 1.78. The van der Waals surface area contributed by atoms with Gasteiger partial charge in [0.1, 0.15) is 0 Å². The van der Waals surface area contributed by atoms with Crippen molar-refractivity contribution in [1.29, 1.82) is 0 Å². The lowest BCUT2D eigenvalue weighted by Crippen LogP contribution is -2.16. The molecule has 2 aromatic rings. The highest BCUT2D eigenvalue weighted by Crippen LogP contribution is 2.20. The minimum Gasteiger partial charge on any atom is -0.328 e. The van der Waals surface area contributed by atoms with Crippen molar-refractivity contribution in [3.05, 3.63) is 46.4 Å². The Hall–Kier alpha value is -1.13. The van der Waals surface area contributed by atoms with Crippen molar-refractivity contribution in [2.75, 3.05) is 7.05 Å². The number of H-pyrrole nitrogens is 1. The van der Waals surface area contributed by atoms with E-state index in [2.05, 4.69) is 17.2 Å². The average Bonchev–Trinajstić information content (AvgIpc) is 2.29. The zero-order valence-electron chi connectivity index (χ0n) is 9.28. The summed E-state index contributed by atoms with van der Waals surface area (Å²) in [5, 5.41) is 4.93. The molecule has 0 radical (unpaired) electrons. The van der Waals surface area contributed by atoms with Crippen molar-refractivity contribution in [2.24, 2.45) is 0 Å². The minimum atomic E-state index is -0.0300.